The standard InChI is InChI=1S/C31H29F3O6/c1-36-29(35)14-19-16-38-28-15-21(6-7-23(19)28)40-27-11-9-25-24(27)8-10-26(31(32,33)34)30(25)18-2-4-20(5-3-18)39-22-12-13-37-17-22/h2-8,10,15,19,22,27H,9,11-14,16-17H2,1H3/t19?,22?,27-/m1/s1. The fourth-order valence-corrected chi connectivity index (χ4v) is 5.80. The second-order valence-corrected chi connectivity index (χ2v) is 10.3. The third-order valence-corrected chi connectivity index (χ3v) is 7.78. The van der Waals surface area contributed by atoms with Crippen molar-refractivity contribution in [1.82, 2.24) is 0 Å². The van der Waals surface area contributed by atoms with Crippen molar-refractivity contribution in [3.63, 3.8) is 0 Å². The molecule has 0 amide bonds. The van der Waals surface area contributed by atoms with Crippen molar-refractivity contribution in [3.8, 4) is 28.4 Å². The second-order valence-electron chi connectivity index (χ2n) is 10.3. The Labute approximate surface area is 229 Å². The molecule has 210 valence electrons. The molecule has 2 aliphatic heterocycles. The lowest BCUT2D eigenvalue weighted by atomic mass is 9.91. The molecule has 40 heavy (non-hydrogen) atoms. The van der Waals surface area contributed by atoms with Gasteiger partial charge in [0.05, 0.1) is 38.9 Å². The first-order valence-corrected chi connectivity index (χ1v) is 13.4. The summed E-state index contributed by atoms with van der Waals surface area (Å²) in [5.74, 6) is 1.42. The summed E-state index contributed by atoms with van der Waals surface area (Å²) in [7, 11) is 1.36. The molecular weight excluding hydrogens is 525 g/mol. The number of benzene rings is 3. The van der Waals surface area contributed by atoms with Gasteiger partial charge in [0.1, 0.15) is 29.5 Å². The van der Waals surface area contributed by atoms with Crippen LogP contribution in [0.2, 0.25) is 0 Å². The van der Waals surface area contributed by atoms with Gasteiger partial charge in [0.2, 0.25) is 0 Å². The van der Waals surface area contributed by atoms with Crippen LogP contribution >= 0.6 is 0 Å². The highest BCUT2D eigenvalue weighted by Crippen LogP contribution is 2.47. The van der Waals surface area contributed by atoms with E-state index in [-0.39, 0.29) is 30.0 Å². The summed E-state index contributed by atoms with van der Waals surface area (Å²) in [4.78, 5) is 11.7. The van der Waals surface area contributed by atoms with Crippen molar-refractivity contribution in [2.45, 2.75) is 50.0 Å². The molecule has 2 unspecified atom stereocenters. The molecule has 6 nitrogen and oxygen atoms in total. The molecule has 1 aliphatic carbocycles. The second kappa shape index (κ2) is 10.7. The van der Waals surface area contributed by atoms with Gasteiger partial charge in [-0.25, -0.2) is 0 Å². The zero-order valence-electron chi connectivity index (χ0n) is 22.0. The number of fused-ring (bicyclic) bond motifs is 2. The van der Waals surface area contributed by atoms with Crippen molar-refractivity contribution in [3.05, 3.63) is 76.9 Å². The predicted octanol–water partition coefficient (Wildman–Crippen LogP) is 6.65. The molecule has 3 atom stereocenters. The normalized spacial score (nSPS) is 21.4. The smallest absolute Gasteiger partial charge is 0.417 e. The fourth-order valence-electron chi connectivity index (χ4n) is 5.80. The molecule has 1 saturated heterocycles. The Morgan fingerprint density at radius 1 is 0.950 bits per heavy atom. The van der Waals surface area contributed by atoms with Crippen LogP contribution < -0.4 is 14.2 Å². The summed E-state index contributed by atoms with van der Waals surface area (Å²) in [6.07, 6.45) is -2.92. The molecular formula is C31H29F3O6. The molecule has 9 heteroatoms. The zero-order chi connectivity index (χ0) is 27.9. The van der Waals surface area contributed by atoms with E-state index in [1.54, 1.807) is 30.3 Å². The first kappa shape index (κ1) is 26.5. The lowest BCUT2D eigenvalue weighted by Gasteiger charge is -2.20. The number of ether oxygens (including phenoxy) is 5. The molecule has 0 aromatic heterocycles. The van der Waals surface area contributed by atoms with Crippen LogP contribution in [0.5, 0.6) is 17.2 Å². The number of hydrogen-bond acceptors (Lipinski definition) is 6. The van der Waals surface area contributed by atoms with Crippen LogP contribution in [-0.2, 0) is 26.9 Å². The summed E-state index contributed by atoms with van der Waals surface area (Å²) in [6.45, 7) is 1.53. The van der Waals surface area contributed by atoms with E-state index in [1.165, 1.54) is 13.2 Å². The van der Waals surface area contributed by atoms with E-state index in [9.17, 15) is 18.0 Å². The third-order valence-electron chi connectivity index (χ3n) is 7.78. The van der Waals surface area contributed by atoms with E-state index in [1.807, 2.05) is 12.1 Å². The fraction of sp³-hybridized carbons (Fsp3) is 0.387. The Kier molecular flexibility index (Phi) is 7.08. The average Bonchev–Trinajstić information content (AvgIpc) is 3.69. The average molecular weight is 555 g/mol. The molecule has 0 bridgehead atoms. The van der Waals surface area contributed by atoms with Crippen LogP contribution in [0.15, 0.2) is 54.6 Å². The summed E-state index contributed by atoms with van der Waals surface area (Å²) in [5, 5.41) is 0. The highest BCUT2D eigenvalue weighted by Gasteiger charge is 2.38. The topological polar surface area (TPSA) is 63.2 Å². The Hall–Kier alpha value is -3.72. The lowest BCUT2D eigenvalue weighted by Crippen LogP contribution is -2.15. The highest BCUT2D eigenvalue weighted by molar-refractivity contribution is 5.75. The summed E-state index contributed by atoms with van der Waals surface area (Å²) >= 11 is 0. The number of esters is 1. The third kappa shape index (κ3) is 5.22. The Morgan fingerprint density at radius 3 is 2.45 bits per heavy atom. The first-order valence-electron chi connectivity index (χ1n) is 13.4. The van der Waals surface area contributed by atoms with Crippen LogP contribution in [0.1, 0.15) is 53.5 Å². The minimum Gasteiger partial charge on any atom is -0.492 e. The molecule has 1 fully saturated rings. The number of hydrogen-bond donors (Lipinski definition) is 0. The van der Waals surface area contributed by atoms with Crippen molar-refractivity contribution >= 4 is 5.97 Å². The van der Waals surface area contributed by atoms with Gasteiger partial charge in [0.25, 0.3) is 0 Å². The van der Waals surface area contributed by atoms with Crippen LogP contribution in [0, 0.1) is 0 Å². The maximum absolute atomic E-state index is 14.1. The molecule has 0 saturated carbocycles. The van der Waals surface area contributed by atoms with Crippen molar-refractivity contribution in [1.29, 1.82) is 0 Å². The minimum absolute atomic E-state index is 0.0428. The Balaban J connectivity index is 1.26. The summed E-state index contributed by atoms with van der Waals surface area (Å²) < 4.78 is 70.5. The molecule has 0 radical (unpaired) electrons. The minimum atomic E-state index is -4.50. The van der Waals surface area contributed by atoms with E-state index in [4.69, 9.17) is 23.7 Å². The zero-order valence-corrected chi connectivity index (χ0v) is 22.0. The van der Waals surface area contributed by atoms with E-state index < -0.39 is 17.8 Å². The maximum atomic E-state index is 14.1. The predicted molar refractivity (Wildman–Crippen MR) is 140 cm³/mol. The number of alkyl halides is 3. The van der Waals surface area contributed by atoms with E-state index in [2.05, 4.69) is 0 Å². The van der Waals surface area contributed by atoms with Crippen molar-refractivity contribution in [2.75, 3.05) is 26.9 Å². The molecule has 3 aromatic carbocycles. The first-order chi connectivity index (χ1) is 19.3. The van der Waals surface area contributed by atoms with Gasteiger partial charge in [-0.05, 0) is 59.4 Å². The van der Waals surface area contributed by atoms with E-state index >= 15 is 0 Å². The Bertz CT molecular complexity index is 1400. The van der Waals surface area contributed by atoms with Crippen LogP contribution in [0.25, 0.3) is 11.1 Å². The largest absolute Gasteiger partial charge is 0.492 e. The number of rotatable bonds is 7. The molecule has 2 heterocycles. The van der Waals surface area contributed by atoms with Crippen LogP contribution in [-0.4, -0.2) is 39.0 Å². The van der Waals surface area contributed by atoms with E-state index in [0.29, 0.717) is 61.0 Å². The number of methoxy groups -OCH3 is 1. The molecule has 3 aromatic rings. The molecule has 6 rings (SSSR count). The summed E-state index contributed by atoms with van der Waals surface area (Å²) in [5.41, 5.74) is 2.32. The SMILES string of the molecule is COC(=O)CC1COc2cc(O[C@@H]3CCc4c3ccc(C(F)(F)F)c4-c3ccc(OC4CCOC4)cc3)ccc21. The van der Waals surface area contributed by atoms with Gasteiger partial charge in [-0.2, -0.15) is 13.2 Å². The summed E-state index contributed by atoms with van der Waals surface area (Å²) in [6, 6.07) is 15.0. The van der Waals surface area contributed by atoms with Gasteiger partial charge < -0.3 is 23.7 Å². The number of carbonyl (C=O) groups excluding carboxylic acids is 1. The molecule has 0 spiro atoms. The quantitative estimate of drug-likeness (QED) is 0.305. The molecule has 3 aliphatic rings. The molecule has 0 N–H and O–H groups in total. The Morgan fingerprint density at radius 2 is 1.73 bits per heavy atom. The van der Waals surface area contributed by atoms with Gasteiger partial charge in [-0.15, -0.1) is 0 Å². The van der Waals surface area contributed by atoms with Crippen LogP contribution in [0.4, 0.5) is 13.2 Å². The van der Waals surface area contributed by atoms with Gasteiger partial charge >= 0.3 is 12.1 Å². The number of carbonyl (C=O) groups is 1. The van der Waals surface area contributed by atoms with Gasteiger partial charge in [-0.3, -0.25) is 4.79 Å². The number of halogens is 3. The van der Waals surface area contributed by atoms with Crippen LogP contribution in [0.3, 0.4) is 0 Å². The van der Waals surface area contributed by atoms with Crippen molar-refractivity contribution < 1.29 is 41.7 Å². The van der Waals surface area contributed by atoms with Crippen molar-refractivity contribution in [2.24, 2.45) is 0 Å². The highest BCUT2D eigenvalue weighted by atomic mass is 19.4. The van der Waals surface area contributed by atoms with Gasteiger partial charge in [-0.1, -0.05) is 24.3 Å². The maximum Gasteiger partial charge on any atom is 0.417 e. The lowest BCUT2D eigenvalue weighted by molar-refractivity contribution is -0.141. The van der Waals surface area contributed by atoms with Gasteiger partial charge in [0.15, 0.2) is 0 Å². The monoisotopic (exact) mass is 554 g/mol. The van der Waals surface area contributed by atoms with Gasteiger partial charge in [0, 0.05) is 24.0 Å². The van der Waals surface area contributed by atoms with E-state index in [0.717, 1.165) is 23.6 Å².